The number of carboxylic acids is 1. The van der Waals surface area contributed by atoms with Crippen LogP contribution in [-0.4, -0.2) is 32.6 Å². The third-order valence-corrected chi connectivity index (χ3v) is 4.59. The maximum absolute atomic E-state index is 12.4. The number of rotatable bonds is 8. The summed E-state index contributed by atoms with van der Waals surface area (Å²) in [5.74, 6) is -0.945. The number of nitrogens with one attached hydrogen (secondary N) is 1. The Hall–Kier alpha value is -1.31. The van der Waals surface area contributed by atoms with Gasteiger partial charge in [0.1, 0.15) is 10.6 Å². The van der Waals surface area contributed by atoms with Gasteiger partial charge in [0.2, 0.25) is 10.0 Å². The average Bonchev–Trinajstić information content (AvgIpc) is 2.37. The van der Waals surface area contributed by atoms with Gasteiger partial charge in [0, 0.05) is 17.1 Å². The van der Waals surface area contributed by atoms with Gasteiger partial charge in [-0.25, -0.2) is 13.1 Å². The zero-order valence-corrected chi connectivity index (χ0v) is 13.4. The highest BCUT2D eigenvalue weighted by molar-refractivity contribution is 7.89. The molecule has 6 nitrogen and oxygen atoms in total. The summed E-state index contributed by atoms with van der Waals surface area (Å²) >= 11 is 5.80. The van der Waals surface area contributed by atoms with Gasteiger partial charge in [-0.1, -0.05) is 24.9 Å². The lowest BCUT2D eigenvalue weighted by Gasteiger charge is -2.17. The normalized spacial score (nSPS) is 12.9. The van der Waals surface area contributed by atoms with E-state index in [1.807, 2.05) is 6.92 Å². The molecule has 2 N–H and O–H groups in total. The highest BCUT2D eigenvalue weighted by Gasteiger charge is 2.24. The fourth-order valence-electron chi connectivity index (χ4n) is 1.91. The van der Waals surface area contributed by atoms with Crippen molar-refractivity contribution in [1.82, 2.24) is 4.72 Å². The number of sulfonamides is 1. The van der Waals surface area contributed by atoms with Crippen LogP contribution < -0.4 is 9.46 Å². The highest BCUT2D eigenvalue weighted by atomic mass is 35.5. The fraction of sp³-hybridized carbons (Fsp3) is 0.462. The second-order valence-corrected chi connectivity index (χ2v) is 6.62. The lowest BCUT2D eigenvalue weighted by Crippen LogP contribution is -2.36. The number of methoxy groups -OCH3 is 1. The van der Waals surface area contributed by atoms with E-state index in [4.69, 9.17) is 21.4 Å². The number of halogens is 1. The van der Waals surface area contributed by atoms with Gasteiger partial charge in [-0.2, -0.15) is 0 Å². The van der Waals surface area contributed by atoms with Gasteiger partial charge in [-0.3, -0.25) is 4.79 Å². The van der Waals surface area contributed by atoms with Crippen molar-refractivity contribution < 1.29 is 23.1 Å². The second kappa shape index (κ2) is 7.63. The zero-order valence-electron chi connectivity index (χ0n) is 11.8. The molecule has 0 radical (unpaired) electrons. The van der Waals surface area contributed by atoms with Crippen LogP contribution in [0.3, 0.4) is 0 Å². The van der Waals surface area contributed by atoms with Gasteiger partial charge < -0.3 is 9.84 Å². The van der Waals surface area contributed by atoms with Crippen LogP contribution in [0.5, 0.6) is 5.75 Å². The number of hydrogen-bond acceptors (Lipinski definition) is 4. The Kier molecular flexibility index (Phi) is 6.44. The molecule has 1 unspecified atom stereocenters. The Labute approximate surface area is 129 Å². The molecule has 1 aromatic carbocycles. The average molecular weight is 336 g/mol. The minimum absolute atomic E-state index is 0.0686. The number of ether oxygens (including phenoxy) is 1. The Bertz CT molecular complexity index is 603. The molecule has 118 valence electrons. The third kappa shape index (κ3) is 5.18. The predicted molar refractivity (Wildman–Crippen MR) is 79.3 cm³/mol. The molecule has 0 saturated heterocycles. The van der Waals surface area contributed by atoms with Crippen LogP contribution in [-0.2, 0) is 14.8 Å². The molecule has 0 spiro atoms. The molecule has 0 bridgehead atoms. The summed E-state index contributed by atoms with van der Waals surface area (Å²) in [5, 5.41) is 9.19. The third-order valence-electron chi connectivity index (χ3n) is 2.80. The summed E-state index contributed by atoms with van der Waals surface area (Å²) in [7, 11) is -2.55. The van der Waals surface area contributed by atoms with E-state index < -0.39 is 22.0 Å². The van der Waals surface area contributed by atoms with E-state index in [-0.39, 0.29) is 17.1 Å². The van der Waals surface area contributed by atoms with E-state index >= 15 is 0 Å². The van der Waals surface area contributed by atoms with Crippen LogP contribution >= 0.6 is 11.6 Å². The smallest absolute Gasteiger partial charge is 0.304 e. The maximum atomic E-state index is 12.4. The molecule has 0 aliphatic carbocycles. The van der Waals surface area contributed by atoms with E-state index in [1.54, 1.807) is 0 Å². The Morgan fingerprint density at radius 1 is 1.48 bits per heavy atom. The maximum Gasteiger partial charge on any atom is 0.304 e. The van der Waals surface area contributed by atoms with Gasteiger partial charge in [0.15, 0.2) is 0 Å². The van der Waals surface area contributed by atoms with E-state index in [2.05, 4.69) is 4.72 Å². The molecule has 1 atom stereocenters. The quantitative estimate of drug-likeness (QED) is 0.760. The fourth-order valence-corrected chi connectivity index (χ4v) is 3.49. The van der Waals surface area contributed by atoms with Crippen molar-refractivity contribution in [2.24, 2.45) is 0 Å². The minimum atomic E-state index is -3.88. The first-order valence-corrected chi connectivity index (χ1v) is 8.24. The lowest BCUT2D eigenvalue weighted by molar-refractivity contribution is -0.137. The molecule has 0 aromatic heterocycles. The van der Waals surface area contributed by atoms with E-state index in [9.17, 15) is 13.2 Å². The highest BCUT2D eigenvalue weighted by Crippen LogP contribution is 2.27. The summed E-state index contributed by atoms with van der Waals surface area (Å²) in [6.45, 7) is 1.85. The molecular weight excluding hydrogens is 318 g/mol. The second-order valence-electron chi connectivity index (χ2n) is 4.50. The number of benzene rings is 1. The SMILES string of the molecule is CCCC(CC(=O)O)NS(=O)(=O)c1ccc(Cl)cc1OC. The molecule has 8 heteroatoms. The molecule has 0 amide bonds. The van der Waals surface area contributed by atoms with Gasteiger partial charge in [-0.15, -0.1) is 0 Å². The summed E-state index contributed by atoms with van der Waals surface area (Å²) in [4.78, 5) is 10.7. The summed E-state index contributed by atoms with van der Waals surface area (Å²) in [6.07, 6.45) is 0.822. The molecule has 0 saturated carbocycles. The Morgan fingerprint density at radius 3 is 2.67 bits per heavy atom. The Morgan fingerprint density at radius 2 is 2.14 bits per heavy atom. The summed E-state index contributed by atoms with van der Waals surface area (Å²) in [6, 6.07) is 3.48. The largest absolute Gasteiger partial charge is 0.495 e. The zero-order chi connectivity index (χ0) is 16.0. The Balaban J connectivity index is 3.06. The first-order chi connectivity index (χ1) is 9.80. The van der Waals surface area contributed by atoms with Crippen LogP contribution in [0.15, 0.2) is 23.1 Å². The molecule has 1 rings (SSSR count). The monoisotopic (exact) mass is 335 g/mol. The topological polar surface area (TPSA) is 92.7 Å². The first kappa shape index (κ1) is 17.7. The molecular formula is C13H18ClNO5S. The van der Waals surface area contributed by atoms with Crippen LogP contribution in [0, 0.1) is 0 Å². The van der Waals surface area contributed by atoms with Crippen molar-refractivity contribution in [3.63, 3.8) is 0 Å². The van der Waals surface area contributed by atoms with Crippen LogP contribution in [0.1, 0.15) is 26.2 Å². The van der Waals surface area contributed by atoms with Crippen LogP contribution in [0.2, 0.25) is 5.02 Å². The van der Waals surface area contributed by atoms with Crippen molar-refractivity contribution >= 4 is 27.6 Å². The van der Waals surface area contributed by atoms with Crippen LogP contribution in [0.4, 0.5) is 0 Å². The van der Waals surface area contributed by atoms with E-state index in [0.29, 0.717) is 17.9 Å². The van der Waals surface area contributed by atoms with Gasteiger partial charge in [0.05, 0.1) is 13.5 Å². The van der Waals surface area contributed by atoms with Crippen LogP contribution in [0.25, 0.3) is 0 Å². The predicted octanol–water partition coefficient (Wildman–Crippen LogP) is 2.27. The summed E-state index contributed by atoms with van der Waals surface area (Å²) < 4.78 is 32.1. The van der Waals surface area contributed by atoms with Crippen molar-refractivity contribution in [2.45, 2.75) is 37.1 Å². The molecule has 21 heavy (non-hydrogen) atoms. The van der Waals surface area contributed by atoms with E-state index in [1.165, 1.54) is 25.3 Å². The van der Waals surface area contributed by atoms with Gasteiger partial charge in [0.25, 0.3) is 0 Å². The lowest BCUT2D eigenvalue weighted by atomic mass is 10.1. The minimum Gasteiger partial charge on any atom is -0.495 e. The van der Waals surface area contributed by atoms with Gasteiger partial charge in [-0.05, 0) is 18.6 Å². The van der Waals surface area contributed by atoms with Crippen molar-refractivity contribution in [2.75, 3.05) is 7.11 Å². The van der Waals surface area contributed by atoms with E-state index in [0.717, 1.165) is 0 Å². The molecule has 0 aliphatic rings. The van der Waals surface area contributed by atoms with Crippen molar-refractivity contribution in [1.29, 1.82) is 0 Å². The van der Waals surface area contributed by atoms with Crippen molar-refractivity contribution in [3.05, 3.63) is 23.2 Å². The van der Waals surface area contributed by atoms with Crippen molar-refractivity contribution in [3.8, 4) is 5.75 Å². The number of carboxylic acid groups (broad SMARTS) is 1. The number of aliphatic carboxylic acids is 1. The first-order valence-electron chi connectivity index (χ1n) is 6.37. The standard InChI is InChI=1S/C13H18ClNO5S/c1-3-4-10(8-13(16)17)15-21(18,19)12-6-5-9(14)7-11(12)20-2/h5-7,10,15H,3-4,8H2,1-2H3,(H,16,17). The van der Waals surface area contributed by atoms with Gasteiger partial charge >= 0.3 is 5.97 Å². The number of hydrogen-bond donors (Lipinski definition) is 2. The molecule has 0 aliphatic heterocycles. The molecule has 1 aromatic rings. The number of carbonyl (C=O) groups is 1. The molecule has 0 fully saturated rings. The molecule has 0 heterocycles. The summed E-state index contributed by atoms with van der Waals surface area (Å²) in [5.41, 5.74) is 0.